The van der Waals surface area contributed by atoms with E-state index in [1.54, 1.807) is 11.3 Å². The standard InChI is InChI=1S/C27H33NO2S3/c1-16(30-27(31)33-15-24-8-7-11-32-24)14-29-23-10-9-22(26(28)13-23)12-25-20(5)18(3)17(2)19(4)21(25)6/h7-11,13,16H,12,14-15,28H2,1-6H3/t16-/m1/s1. The van der Waals surface area contributed by atoms with Crippen molar-refractivity contribution in [1.29, 1.82) is 0 Å². The molecule has 0 spiro atoms. The first-order valence-electron chi connectivity index (χ1n) is 11.1. The van der Waals surface area contributed by atoms with Crippen LogP contribution in [-0.4, -0.2) is 17.1 Å². The van der Waals surface area contributed by atoms with Crippen LogP contribution in [-0.2, 0) is 16.9 Å². The zero-order valence-corrected chi connectivity index (χ0v) is 22.7. The smallest absolute Gasteiger partial charge is 0.220 e. The van der Waals surface area contributed by atoms with Gasteiger partial charge in [-0.05, 0) is 110 Å². The molecular weight excluding hydrogens is 467 g/mol. The van der Waals surface area contributed by atoms with Crippen LogP contribution < -0.4 is 10.5 Å². The van der Waals surface area contributed by atoms with Crippen LogP contribution in [0.2, 0.25) is 0 Å². The molecule has 0 amide bonds. The molecule has 1 aromatic heterocycles. The summed E-state index contributed by atoms with van der Waals surface area (Å²) in [6.07, 6.45) is 0.680. The van der Waals surface area contributed by atoms with Gasteiger partial charge in [0.15, 0.2) is 0 Å². The van der Waals surface area contributed by atoms with E-state index in [-0.39, 0.29) is 6.10 Å². The molecule has 6 heteroatoms. The lowest BCUT2D eigenvalue weighted by Crippen LogP contribution is -2.20. The fraction of sp³-hybridized carbons (Fsp3) is 0.370. The van der Waals surface area contributed by atoms with Gasteiger partial charge < -0.3 is 15.2 Å². The van der Waals surface area contributed by atoms with Crippen molar-refractivity contribution in [3.05, 3.63) is 79.5 Å². The van der Waals surface area contributed by atoms with Crippen LogP contribution >= 0.6 is 35.3 Å². The van der Waals surface area contributed by atoms with Gasteiger partial charge in [0.2, 0.25) is 4.38 Å². The summed E-state index contributed by atoms with van der Waals surface area (Å²) in [5, 5.41) is 2.07. The van der Waals surface area contributed by atoms with E-state index >= 15 is 0 Å². The molecule has 0 saturated heterocycles. The summed E-state index contributed by atoms with van der Waals surface area (Å²) in [7, 11) is 0. The predicted octanol–water partition coefficient (Wildman–Crippen LogP) is 7.47. The number of rotatable bonds is 8. The van der Waals surface area contributed by atoms with Crippen LogP contribution in [0.5, 0.6) is 5.75 Å². The average molecular weight is 500 g/mol. The molecule has 0 radical (unpaired) electrons. The summed E-state index contributed by atoms with van der Waals surface area (Å²) in [6.45, 7) is 13.4. The number of thiocarbonyl (C=S) groups is 1. The van der Waals surface area contributed by atoms with Gasteiger partial charge in [0.25, 0.3) is 0 Å². The molecule has 0 bridgehead atoms. The first kappa shape index (κ1) is 25.6. The molecule has 0 aliphatic heterocycles. The average Bonchev–Trinajstić information content (AvgIpc) is 3.31. The lowest BCUT2D eigenvalue weighted by atomic mass is 9.86. The molecule has 2 N–H and O–H groups in total. The zero-order valence-electron chi connectivity index (χ0n) is 20.3. The Balaban J connectivity index is 1.57. The molecule has 3 aromatic rings. The van der Waals surface area contributed by atoms with E-state index in [4.69, 9.17) is 27.4 Å². The highest BCUT2D eigenvalue weighted by atomic mass is 32.2. The molecule has 1 atom stereocenters. The van der Waals surface area contributed by atoms with Crippen molar-refractivity contribution in [3.8, 4) is 5.75 Å². The maximum absolute atomic E-state index is 6.41. The summed E-state index contributed by atoms with van der Waals surface area (Å²) in [6, 6.07) is 10.1. The first-order valence-corrected chi connectivity index (χ1v) is 13.4. The maximum Gasteiger partial charge on any atom is 0.220 e. The van der Waals surface area contributed by atoms with Crippen molar-refractivity contribution in [2.45, 2.75) is 59.8 Å². The molecule has 3 nitrogen and oxygen atoms in total. The lowest BCUT2D eigenvalue weighted by molar-refractivity contribution is 0.141. The Morgan fingerprint density at radius 3 is 2.30 bits per heavy atom. The summed E-state index contributed by atoms with van der Waals surface area (Å²) in [5.74, 6) is 1.58. The summed E-state index contributed by atoms with van der Waals surface area (Å²) in [5.41, 5.74) is 16.5. The third-order valence-corrected chi connectivity index (χ3v) is 8.63. The second-order valence-electron chi connectivity index (χ2n) is 8.50. The molecule has 0 fully saturated rings. The van der Waals surface area contributed by atoms with Gasteiger partial charge in [-0.1, -0.05) is 23.9 Å². The van der Waals surface area contributed by atoms with E-state index < -0.39 is 0 Å². The Labute approximate surface area is 211 Å². The van der Waals surface area contributed by atoms with Gasteiger partial charge in [0.05, 0.1) is 0 Å². The van der Waals surface area contributed by atoms with Crippen LogP contribution in [0.3, 0.4) is 0 Å². The number of ether oxygens (including phenoxy) is 2. The number of nitrogens with two attached hydrogens (primary N) is 1. The van der Waals surface area contributed by atoms with Crippen LogP contribution in [0.25, 0.3) is 0 Å². The fourth-order valence-electron chi connectivity index (χ4n) is 3.83. The van der Waals surface area contributed by atoms with Gasteiger partial charge in [0.1, 0.15) is 18.5 Å². The molecule has 0 aliphatic rings. The number of thiophene rings is 1. The van der Waals surface area contributed by atoms with Gasteiger partial charge in [-0.3, -0.25) is 0 Å². The van der Waals surface area contributed by atoms with Crippen molar-refractivity contribution < 1.29 is 9.47 Å². The molecular formula is C27H33NO2S3. The van der Waals surface area contributed by atoms with Crippen LogP contribution in [0.4, 0.5) is 5.69 Å². The van der Waals surface area contributed by atoms with Crippen LogP contribution in [0.1, 0.15) is 50.7 Å². The highest BCUT2D eigenvalue weighted by Gasteiger charge is 2.14. The van der Waals surface area contributed by atoms with Gasteiger partial charge in [-0.15, -0.1) is 11.3 Å². The SMILES string of the molecule is Cc1c(C)c(C)c(Cc2ccc(OC[C@@H](C)OC(=S)SCc3cccs3)cc2N)c(C)c1C. The molecule has 1 heterocycles. The third-order valence-electron chi connectivity index (χ3n) is 6.33. The van der Waals surface area contributed by atoms with Crippen molar-refractivity contribution in [3.63, 3.8) is 0 Å². The molecule has 0 saturated carbocycles. The van der Waals surface area contributed by atoms with Gasteiger partial charge in [0, 0.05) is 28.8 Å². The van der Waals surface area contributed by atoms with E-state index in [0.29, 0.717) is 11.0 Å². The monoisotopic (exact) mass is 499 g/mol. The minimum Gasteiger partial charge on any atom is -0.490 e. The third kappa shape index (κ3) is 6.52. The van der Waals surface area contributed by atoms with Crippen LogP contribution in [0.15, 0.2) is 35.7 Å². The fourth-order valence-corrected chi connectivity index (χ4v) is 5.70. The summed E-state index contributed by atoms with van der Waals surface area (Å²) >= 11 is 8.61. The normalized spacial score (nSPS) is 11.9. The van der Waals surface area contributed by atoms with E-state index in [1.807, 2.05) is 25.1 Å². The number of anilines is 1. The molecule has 33 heavy (non-hydrogen) atoms. The Hall–Kier alpha value is -2.02. The number of nitrogen functional groups attached to an aromatic ring is 1. The highest BCUT2D eigenvalue weighted by Crippen LogP contribution is 2.30. The van der Waals surface area contributed by atoms with E-state index in [9.17, 15) is 0 Å². The summed E-state index contributed by atoms with van der Waals surface area (Å²) < 4.78 is 12.3. The molecule has 2 aromatic carbocycles. The minimum absolute atomic E-state index is 0.141. The maximum atomic E-state index is 6.41. The van der Waals surface area contributed by atoms with E-state index in [0.717, 1.165) is 29.2 Å². The van der Waals surface area contributed by atoms with Gasteiger partial charge in [-0.25, -0.2) is 0 Å². The Bertz CT molecular complexity index is 1090. The van der Waals surface area contributed by atoms with Crippen molar-refractivity contribution in [2.75, 3.05) is 12.3 Å². The zero-order chi connectivity index (χ0) is 24.1. The van der Waals surface area contributed by atoms with Gasteiger partial charge >= 0.3 is 0 Å². The lowest BCUT2D eigenvalue weighted by Gasteiger charge is -2.20. The topological polar surface area (TPSA) is 44.5 Å². The molecule has 176 valence electrons. The minimum atomic E-state index is -0.141. The largest absolute Gasteiger partial charge is 0.490 e. The van der Waals surface area contributed by atoms with Crippen molar-refractivity contribution in [1.82, 2.24) is 0 Å². The highest BCUT2D eigenvalue weighted by molar-refractivity contribution is 8.22. The Morgan fingerprint density at radius 2 is 1.70 bits per heavy atom. The quantitative estimate of drug-likeness (QED) is 0.257. The number of hydrogen-bond donors (Lipinski definition) is 1. The number of hydrogen-bond acceptors (Lipinski definition) is 6. The van der Waals surface area contributed by atoms with Crippen LogP contribution in [0, 0.1) is 34.6 Å². The molecule has 0 aliphatic carbocycles. The Morgan fingerprint density at radius 1 is 1.03 bits per heavy atom. The Kier molecular flexibility index (Phi) is 8.85. The van der Waals surface area contributed by atoms with E-state index in [1.165, 1.54) is 50.0 Å². The number of thioether (sulfide) groups is 1. The van der Waals surface area contributed by atoms with Crippen molar-refractivity contribution in [2.24, 2.45) is 0 Å². The number of benzene rings is 2. The molecule has 3 rings (SSSR count). The van der Waals surface area contributed by atoms with Gasteiger partial charge in [-0.2, -0.15) is 0 Å². The predicted molar refractivity (Wildman–Crippen MR) is 148 cm³/mol. The molecule has 0 unspecified atom stereocenters. The second-order valence-corrected chi connectivity index (χ2v) is 11.1. The van der Waals surface area contributed by atoms with E-state index in [2.05, 4.69) is 52.1 Å². The first-order chi connectivity index (χ1) is 15.7. The van der Waals surface area contributed by atoms with Crippen molar-refractivity contribution >= 4 is 45.4 Å². The summed E-state index contributed by atoms with van der Waals surface area (Å²) in [4.78, 5) is 1.28. The second kappa shape index (κ2) is 11.4.